The fourth-order valence-corrected chi connectivity index (χ4v) is 5.03. The van der Waals surface area contributed by atoms with Crippen LogP contribution in [-0.4, -0.2) is 38.1 Å². The predicted octanol–water partition coefficient (Wildman–Crippen LogP) is 1.81. The van der Waals surface area contributed by atoms with Crippen LogP contribution in [0.25, 0.3) is 0 Å². The van der Waals surface area contributed by atoms with Crippen LogP contribution in [0, 0.1) is 11.3 Å². The number of hydrogen-bond donors (Lipinski definition) is 1. The van der Waals surface area contributed by atoms with Crippen molar-refractivity contribution < 1.29 is 9.47 Å². The summed E-state index contributed by atoms with van der Waals surface area (Å²) in [6.45, 7) is 3.17. The molecule has 1 aromatic heterocycles. The van der Waals surface area contributed by atoms with Crippen LogP contribution in [0.2, 0.25) is 0 Å². The molecule has 2 fully saturated rings. The average molecular weight is 342 g/mol. The van der Waals surface area contributed by atoms with Crippen molar-refractivity contribution in [2.75, 3.05) is 31.2 Å². The van der Waals surface area contributed by atoms with Gasteiger partial charge in [-0.05, 0) is 18.4 Å². The second kappa shape index (κ2) is 5.99. The minimum Gasteiger partial charge on any atom is -0.361 e. The maximum atomic E-state index is 9.58. The zero-order valence-electron chi connectivity index (χ0n) is 12.3. The summed E-state index contributed by atoms with van der Waals surface area (Å²) in [4.78, 5) is 3.53. The Morgan fingerprint density at radius 1 is 1.36 bits per heavy atom. The molecule has 7 heteroatoms. The van der Waals surface area contributed by atoms with Crippen molar-refractivity contribution in [1.82, 2.24) is 0 Å². The van der Waals surface area contributed by atoms with E-state index in [0.717, 1.165) is 49.3 Å². The number of nitriles is 1. The first-order valence-electron chi connectivity index (χ1n) is 7.54. The first kappa shape index (κ1) is 16.0. The Labute approximate surface area is 140 Å². The number of nitrogens with zero attached hydrogens (tertiary/aromatic N) is 2. The SMILES string of the molecule is Cl.N#Cc1c(N2CC[C@H](N)C2)sc2c1CCC1(C2)OCCO1. The average Bonchev–Trinajstić information content (AvgIpc) is 3.17. The first-order valence-corrected chi connectivity index (χ1v) is 8.35. The summed E-state index contributed by atoms with van der Waals surface area (Å²) < 4.78 is 11.7. The highest BCUT2D eigenvalue weighted by Crippen LogP contribution is 2.45. The molecule has 0 radical (unpaired) electrons. The highest BCUT2D eigenvalue weighted by molar-refractivity contribution is 7.16. The molecule has 0 aromatic carbocycles. The van der Waals surface area contributed by atoms with E-state index in [1.54, 1.807) is 11.3 Å². The molecule has 5 nitrogen and oxygen atoms in total. The predicted molar refractivity (Wildman–Crippen MR) is 87.7 cm³/mol. The normalized spacial score (nSPS) is 25.8. The molecule has 1 spiro atoms. The van der Waals surface area contributed by atoms with Crippen LogP contribution in [0.4, 0.5) is 5.00 Å². The summed E-state index contributed by atoms with van der Waals surface area (Å²) >= 11 is 1.73. The summed E-state index contributed by atoms with van der Waals surface area (Å²) in [6, 6.07) is 2.65. The Kier molecular flexibility index (Phi) is 4.36. The molecule has 2 aliphatic heterocycles. The van der Waals surface area contributed by atoms with Gasteiger partial charge in [0.15, 0.2) is 5.79 Å². The first-order chi connectivity index (χ1) is 10.2. The van der Waals surface area contributed by atoms with Gasteiger partial charge in [0.25, 0.3) is 0 Å². The molecule has 0 saturated carbocycles. The second-order valence-corrected chi connectivity index (χ2v) is 7.16. The van der Waals surface area contributed by atoms with Gasteiger partial charge in [-0.2, -0.15) is 5.26 Å². The highest BCUT2D eigenvalue weighted by Gasteiger charge is 2.42. The molecule has 0 unspecified atom stereocenters. The van der Waals surface area contributed by atoms with Crippen LogP contribution in [-0.2, 0) is 22.3 Å². The topological polar surface area (TPSA) is 71.5 Å². The molecule has 4 rings (SSSR count). The maximum absolute atomic E-state index is 9.58. The summed E-state index contributed by atoms with van der Waals surface area (Å²) in [5, 5.41) is 10.7. The molecule has 3 aliphatic rings. The Hall–Kier alpha value is -0.840. The van der Waals surface area contributed by atoms with Gasteiger partial charge in [0.1, 0.15) is 11.1 Å². The van der Waals surface area contributed by atoms with Gasteiger partial charge in [-0.1, -0.05) is 0 Å². The standard InChI is InChI=1S/C15H19N3O2S.ClH/c16-8-12-11-1-3-15(19-5-6-20-15)7-13(11)21-14(12)18-4-2-10(17)9-18;/h10H,1-7,9,17H2;1H/t10-;/m0./s1. The summed E-state index contributed by atoms with van der Waals surface area (Å²) in [6.07, 6.45) is 3.50. The van der Waals surface area contributed by atoms with Gasteiger partial charge in [0, 0.05) is 36.9 Å². The van der Waals surface area contributed by atoms with Crippen molar-refractivity contribution in [3.05, 3.63) is 16.0 Å². The minimum atomic E-state index is -0.427. The largest absolute Gasteiger partial charge is 0.361 e. The number of hydrogen-bond acceptors (Lipinski definition) is 6. The van der Waals surface area contributed by atoms with E-state index in [0.29, 0.717) is 13.2 Å². The lowest BCUT2D eigenvalue weighted by Gasteiger charge is -2.31. The highest BCUT2D eigenvalue weighted by atomic mass is 35.5. The van der Waals surface area contributed by atoms with Crippen molar-refractivity contribution in [2.24, 2.45) is 5.73 Å². The molecule has 1 aromatic rings. The van der Waals surface area contributed by atoms with Crippen LogP contribution in [0.15, 0.2) is 0 Å². The molecular weight excluding hydrogens is 322 g/mol. The van der Waals surface area contributed by atoms with Gasteiger partial charge in [-0.15, -0.1) is 23.7 Å². The quantitative estimate of drug-likeness (QED) is 0.843. The van der Waals surface area contributed by atoms with Crippen LogP contribution in [0.1, 0.15) is 28.8 Å². The third-order valence-electron chi connectivity index (χ3n) is 4.70. The van der Waals surface area contributed by atoms with E-state index >= 15 is 0 Å². The molecule has 0 amide bonds. The molecule has 120 valence electrons. The molecule has 22 heavy (non-hydrogen) atoms. The van der Waals surface area contributed by atoms with Crippen molar-refractivity contribution in [2.45, 2.75) is 37.5 Å². The lowest BCUT2D eigenvalue weighted by molar-refractivity contribution is -0.163. The molecule has 1 atom stereocenters. The molecule has 3 heterocycles. The number of nitrogens with two attached hydrogens (primary N) is 1. The second-order valence-electron chi connectivity index (χ2n) is 6.07. The molecule has 1 aliphatic carbocycles. The fourth-order valence-electron chi connectivity index (χ4n) is 3.61. The zero-order valence-corrected chi connectivity index (χ0v) is 14.0. The van der Waals surface area contributed by atoms with Gasteiger partial charge >= 0.3 is 0 Å². The van der Waals surface area contributed by atoms with E-state index in [4.69, 9.17) is 15.2 Å². The van der Waals surface area contributed by atoms with Gasteiger partial charge in [-0.3, -0.25) is 0 Å². The Morgan fingerprint density at radius 3 is 2.77 bits per heavy atom. The van der Waals surface area contributed by atoms with Crippen molar-refractivity contribution in [3.8, 4) is 6.07 Å². The van der Waals surface area contributed by atoms with Crippen molar-refractivity contribution >= 4 is 28.7 Å². The third-order valence-corrected chi connectivity index (χ3v) is 5.99. The van der Waals surface area contributed by atoms with Crippen LogP contribution in [0.3, 0.4) is 0 Å². The fraction of sp³-hybridized carbons (Fsp3) is 0.667. The van der Waals surface area contributed by atoms with Crippen molar-refractivity contribution in [1.29, 1.82) is 5.26 Å². The summed E-state index contributed by atoms with van der Waals surface area (Å²) in [5.41, 5.74) is 8.08. The number of halogens is 1. The maximum Gasteiger partial charge on any atom is 0.173 e. The van der Waals surface area contributed by atoms with E-state index in [1.165, 1.54) is 10.4 Å². The van der Waals surface area contributed by atoms with Gasteiger partial charge < -0.3 is 20.1 Å². The Balaban J connectivity index is 0.00000144. The van der Waals surface area contributed by atoms with E-state index in [9.17, 15) is 5.26 Å². The number of fused-ring (bicyclic) bond motifs is 1. The lowest BCUT2D eigenvalue weighted by atomic mass is 9.91. The smallest absolute Gasteiger partial charge is 0.173 e. The zero-order chi connectivity index (χ0) is 14.4. The van der Waals surface area contributed by atoms with Gasteiger partial charge in [-0.25, -0.2) is 0 Å². The molecular formula is C15H20ClN3O2S. The monoisotopic (exact) mass is 341 g/mol. The van der Waals surface area contributed by atoms with E-state index in [-0.39, 0.29) is 18.4 Å². The van der Waals surface area contributed by atoms with Crippen LogP contribution in [0.5, 0.6) is 0 Å². The van der Waals surface area contributed by atoms with E-state index in [1.807, 2.05) is 0 Å². The lowest BCUT2D eigenvalue weighted by Crippen LogP contribution is -2.36. The number of thiophene rings is 1. The number of anilines is 1. The van der Waals surface area contributed by atoms with Gasteiger partial charge in [0.2, 0.25) is 0 Å². The van der Waals surface area contributed by atoms with E-state index in [2.05, 4.69) is 11.0 Å². The number of ether oxygens (including phenoxy) is 2. The van der Waals surface area contributed by atoms with Gasteiger partial charge in [0.05, 0.1) is 18.8 Å². The van der Waals surface area contributed by atoms with Crippen LogP contribution < -0.4 is 10.6 Å². The number of rotatable bonds is 1. The molecule has 2 saturated heterocycles. The van der Waals surface area contributed by atoms with E-state index < -0.39 is 5.79 Å². The minimum absolute atomic E-state index is 0. The Morgan fingerprint density at radius 2 is 2.14 bits per heavy atom. The van der Waals surface area contributed by atoms with Crippen molar-refractivity contribution in [3.63, 3.8) is 0 Å². The summed E-state index contributed by atoms with van der Waals surface area (Å²) in [5.74, 6) is -0.427. The summed E-state index contributed by atoms with van der Waals surface area (Å²) in [7, 11) is 0. The molecule has 2 N–H and O–H groups in total. The Bertz CT molecular complexity index is 607. The third kappa shape index (κ3) is 2.51. The van der Waals surface area contributed by atoms with Crippen LogP contribution >= 0.6 is 23.7 Å². The molecule has 0 bridgehead atoms.